The van der Waals surface area contributed by atoms with E-state index in [1.807, 2.05) is 18.2 Å². The molecule has 0 aliphatic heterocycles. The normalized spacial score (nSPS) is 13.9. The molecule has 4 rings (SSSR count). The largest absolute Gasteiger partial charge is 0.450 e. The molecule has 9 heteroatoms. The number of nitrogens with one attached hydrogen (secondary N) is 1. The van der Waals surface area contributed by atoms with Crippen LogP contribution in [0.1, 0.15) is 44.2 Å². The van der Waals surface area contributed by atoms with Crippen molar-refractivity contribution in [2.24, 2.45) is 0 Å². The van der Waals surface area contributed by atoms with Gasteiger partial charge in [-0.1, -0.05) is 35.3 Å². The van der Waals surface area contributed by atoms with Gasteiger partial charge in [0.15, 0.2) is 11.5 Å². The van der Waals surface area contributed by atoms with Crippen molar-refractivity contribution in [3.05, 3.63) is 80.7 Å². The minimum Gasteiger partial charge on any atom is -0.450 e. The van der Waals surface area contributed by atoms with Crippen molar-refractivity contribution in [2.45, 2.75) is 12.5 Å². The van der Waals surface area contributed by atoms with Crippen molar-refractivity contribution in [1.82, 2.24) is 0 Å². The lowest BCUT2D eigenvalue weighted by Crippen LogP contribution is -2.22. The smallest absolute Gasteiger partial charge is 0.231 e. The molecule has 0 fully saturated rings. The second-order valence-corrected chi connectivity index (χ2v) is 8.45. The van der Waals surface area contributed by atoms with Crippen LogP contribution in [0.25, 0.3) is 11.6 Å². The first-order valence-corrected chi connectivity index (χ1v) is 10.8. The summed E-state index contributed by atoms with van der Waals surface area (Å²) in [5.41, 5.74) is 8.63. The maximum absolute atomic E-state index is 13.0. The average molecular weight is 487 g/mol. The van der Waals surface area contributed by atoms with Gasteiger partial charge in [-0.15, -0.1) is 0 Å². The van der Waals surface area contributed by atoms with Crippen LogP contribution in [0.4, 0.5) is 11.4 Å². The molecule has 1 heterocycles. The standard InChI is InChI=1S/C24H20Cl2N2O5/c25-14-4-5-17(18(26)9-14)23(32)24-22(27)21-19(31)7-13(8-20(21)33-24)12-2-1-3-15(6-12)28-10-16(30)11-29/h1-6,8-9,16,28-30H,7,10-11,27H2/t16-/m0/s1. The Morgan fingerprint density at radius 2 is 2.00 bits per heavy atom. The Labute approximate surface area is 199 Å². The lowest BCUT2D eigenvalue weighted by Gasteiger charge is -2.15. The monoisotopic (exact) mass is 486 g/mol. The second-order valence-electron chi connectivity index (χ2n) is 7.61. The highest BCUT2D eigenvalue weighted by molar-refractivity contribution is 6.37. The van der Waals surface area contributed by atoms with E-state index in [9.17, 15) is 14.7 Å². The predicted octanol–water partition coefficient (Wildman–Crippen LogP) is 4.29. The van der Waals surface area contributed by atoms with Crippen LogP contribution in [-0.4, -0.2) is 41.0 Å². The van der Waals surface area contributed by atoms with E-state index >= 15 is 0 Å². The summed E-state index contributed by atoms with van der Waals surface area (Å²) in [5, 5.41) is 22.1. The number of aliphatic hydroxyl groups excluding tert-OH is 2. The number of fused-ring (bicyclic) bond motifs is 1. The van der Waals surface area contributed by atoms with Crippen LogP contribution >= 0.6 is 23.2 Å². The number of carbonyl (C=O) groups is 2. The maximum Gasteiger partial charge on any atom is 0.231 e. The number of aliphatic hydroxyl groups is 2. The van der Waals surface area contributed by atoms with E-state index in [1.54, 1.807) is 12.1 Å². The van der Waals surface area contributed by atoms with Crippen LogP contribution in [0.2, 0.25) is 10.0 Å². The van der Waals surface area contributed by atoms with Crippen LogP contribution < -0.4 is 11.1 Å². The predicted molar refractivity (Wildman–Crippen MR) is 128 cm³/mol. The van der Waals surface area contributed by atoms with Crippen molar-refractivity contribution in [1.29, 1.82) is 0 Å². The Hall–Kier alpha value is -3.10. The summed E-state index contributed by atoms with van der Waals surface area (Å²) in [7, 11) is 0. The minimum atomic E-state index is -0.886. The number of nitrogens with two attached hydrogens (primary N) is 1. The Morgan fingerprint density at radius 3 is 2.73 bits per heavy atom. The Balaban J connectivity index is 1.67. The molecule has 0 saturated heterocycles. The molecule has 0 amide bonds. The number of benzene rings is 2. The Morgan fingerprint density at radius 1 is 1.21 bits per heavy atom. The van der Waals surface area contributed by atoms with E-state index in [0.717, 1.165) is 5.56 Å². The van der Waals surface area contributed by atoms with Crippen molar-refractivity contribution < 1.29 is 24.2 Å². The first kappa shape index (κ1) is 23.1. The summed E-state index contributed by atoms with van der Waals surface area (Å²) in [4.78, 5) is 25.9. The number of anilines is 2. The molecule has 0 saturated carbocycles. The third-order valence-corrected chi connectivity index (χ3v) is 5.82. The highest BCUT2D eigenvalue weighted by atomic mass is 35.5. The number of halogens is 2. The van der Waals surface area contributed by atoms with Crippen LogP contribution in [-0.2, 0) is 0 Å². The molecule has 0 radical (unpaired) electrons. The second kappa shape index (κ2) is 9.41. The molecule has 1 aliphatic rings. The van der Waals surface area contributed by atoms with E-state index in [2.05, 4.69) is 5.32 Å². The van der Waals surface area contributed by atoms with E-state index < -0.39 is 11.9 Å². The zero-order chi connectivity index (χ0) is 23.7. The first-order chi connectivity index (χ1) is 15.8. The topological polar surface area (TPSA) is 126 Å². The summed E-state index contributed by atoms with van der Waals surface area (Å²) < 4.78 is 5.74. The average Bonchev–Trinajstić information content (AvgIpc) is 3.14. The van der Waals surface area contributed by atoms with E-state index in [-0.39, 0.29) is 58.7 Å². The molecule has 0 spiro atoms. The zero-order valence-corrected chi connectivity index (χ0v) is 18.8. The lowest BCUT2D eigenvalue weighted by molar-refractivity contribution is 0.0991. The molecule has 33 heavy (non-hydrogen) atoms. The number of ketones is 2. The van der Waals surface area contributed by atoms with Gasteiger partial charge in [0.05, 0.1) is 29.0 Å². The summed E-state index contributed by atoms with van der Waals surface area (Å²) in [5.74, 6) is -0.747. The highest BCUT2D eigenvalue weighted by Gasteiger charge is 2.31. The molecule has 3 aromatic rings. The van der Waals surface area contributed by atoms with Crippen molar-refractivity contribution in [2.75, 3.05) is 24.2 Å². The van der Waals surface area contributed by atoms with Gasteiger partial charge < -0.3 is 25.7 Å². The summed E-state index contributed by atoms with van der Waals surface area (Å²) in [6.45, 7) is -0.174. The number of nitrogen functional groups attached to an aromatic ring is 1. The number of furan rings is 1. The van der Waals surface area contributed by atoms with Crippen molar-refractivity contribution in [3.63, 3.8) is 0 Å². The first-order valence-electron chi connectivity index (χ1n) is 10.1. The number of Topliss-reactive ketones (excluding diaryl/α,β-unsaturated/α-hetero) is 1. The highest BCUT2D eigenvalue weighted by Crippen LogP contribution is 2.38. The fourth-order valence-corrected chi connectivity index (χ4v) is 4.10. The SMILES string of the molecule is Nc1c(C(=O)c2ccc(Cl)cc2Cl)oc2c1C(=O)CC(c1cccc(NC[C@H](O)CO)c1)=C2. The number of hydrogen-bond donors (Lipinski definition) is 4. The lowest BCUT2D eigenvalue weighted by atomic mass is 9.90. The van der Waals surface area contributed by atoms with Gasteiger partial charge in [0.2, 0.25) is 5.78 Å². The molecule has 1 aliphatic carbocycles. The van der Waals surface area contributed by atoms with Crippen LogP contribution in [0.3, 0.4) is 0 Å². The summed E-state index contributed by atoms with van der Waals surface area (Å²) in [6, 6.07) is 11.7. The molecule has 7 nitrogen and oxygen atoms in total. The molecule has 170 valence electrons. The van der Waals surface area contributed by atoms with Crippen LogP contribution in [0.15, 0.2) is 46.9 Å². The van der Waals surface area contributed by atoms with Crippen molar-refractivity contribution >= 4 is 57.8 Å². The quantitative estimate of drug-likeness (QED) is 0.367. The van der Waals surface area contributed by atoms with Crippen LogP contribution in [0.5, 0.6) is 0 Å². The molecular formula is C24H20Cl2N2O5. The summed E-state index contributed by atoms with van der Waals surface area (Å²) >= 11 is 12.1. The van der Waals surface area contributed by atoms with Gasteiger partial charge >= 0.3 is 0 Å². The Bertz CT molecular complexity index is 1280. The number of allylic oxidation sites excluding steroid dienone is 1. The summed E-state index contributed by atoms with van der Waals surface area (Å²) in [6.07, 6.45) is 0.881. The fraction of sp³-hybridized carbons (Fsp3) is 0.167. The number of hydrogen-bond acceptors (Lipinski definition) is 7. The molecule has 2 aromatic carbocycles. The molecule has 1 atom stereocenters. The van der Waals surface area contributed by atoms with Crippen LogP contribution in [0, 0.1) is 0 Å². The molecular weight excluding hydrogens is 467 g/mol. The van der Waals surface area contributed by atoms with E-state index in [4.69, 9.17) is 38.5 Å². The number of carbonyl (C=O) groups excluding carboxylic acids is 2. The third-order valence-electron chi connectivity index (χ3n) is 5.28. The Kier molecular flexibility index (Phi) is 6.58. The third kappa shape index (κ3) is 4.67. The van der Waals surface area contributed by atoms with E-state index in [0.29, 0.717) is 16.3 Å². The fourth-order valence-electron chi connectivity index (χ4n) is 3.60. The maximum atomic E-state index is 13.0. The van der Waals surface area contributed by atoms with Gasteiger partial charge in [-0.05, 0) is 47.5 Å². The molecule has 0 bridgehead atoms. The van der Waals surface area contributed by atoms with Gasteiger partial charge in [0.25, 0.3) is 0 Å². The zero-order valence-electron chi connectivity index (χ0n) is 17.3. The van der Waals surface area contributed by atoms with Gasteiger partial charge in [0.1, 0.15) is 5.76 Å². The van der Waals surface area contributed by atoms with Crippen molar-refractivity contribution in [3.8, 4) is 0 Å². The number of rotatable bonds is 7. The van der Waals surface area contributed by atoms with Gasteiger partial charge in [-0.25, -0.2) is 0 Å². The molecule has 5 N–H and O–H groups in total. The van der Waals surface area contributed by atoms with Gasteiger partial charge in [0, 0.05) is 29.2 Å². The van der Waals surface area contributed by atoms with Gasteiger partial charge in [-0.2, -0.15) is 0 Å². The molecule has 1 aromatic heterocycles. The minimum absolute atomic E-state index is 0.0188. The van der Waals surface area contributed by atoms with Gasteiger partial charge in [-0.3, -0.25) is 9.59 Å². The van der Waals surface area contributed by atoms with E-state index in [1.165, 1.54) is 18.2 Å². The molecule has 0 unspecified atom stereocenters.